The first-order valence-corrected chi connectivity index (χ1v) is 11.6. The first-order valence-electron chi connectivity index (χ1n) is 10.8. The van der Waals surface area contributed by atoms with E-state index in [0.29, 0.717) is 19.8 Å². The van der Waals surface area contributed by atoms with Crippen LogP contribution in [-0.2, 0) is 20.6 Å². The van der Waals surface area contributed by atoms with E-state index >= 15 is 0 Å². The van der Waals surface area contributed by atoms with Gasteiger partial charge in [-0.05, 0) is 51.3 Å². The molecule has 1 unspecified atom stereocenters. The lowest BCUT2D eigenvalue weighted by molar-refractivity contribution is -0.402. The molecule has 0 aliphatic carbocycles. The molecule has 0 amide bonds. The molecule has 0 N–H and O–H groups in total. The van der Waals surface area contributed by atoms with Crippen LogP contribution in [0, 0.1) is 5.92 Å². The molecule has 156 valence electrons. The molecule has 0 radical (unpaired) electrons. The fourth-order valence-electron chi connectivity index (χ4n) is 3.56. The number of hydrogen-bond acceptors (Lipinski definition) is 3. The fourth-order valence-corrected chi connectivity index (χ4v) is 3.83. The maximum Gasteiger partial charge on any atom is 0.286 e. The van der Waals surface area contributed by atoms with Crippen molar-refractivity contribution in [3.63, 3.8) is 0 Å². The van der Waals surface area contributed by atoms with Gasteiger partial charge in [0.2, 0.25) is 0 Å². The molecule has 4 heteroatoms. The zero-order valence-electron chi connectivity index (χ0n) is 17.8. The Morgan fingerprint density at radius 1 is 0.778 bits per heavy atom. The Hall–Kier alpha value is -0.420. The van der Waals surface area contributed by atoms with Gasteiger partial charge in [0.05, 0.1) is 0 Å². The molecule has 1 atom stereocenters. The summed E-state index contributed by atoms with van der Waals surface area (Å²) in [6.45, 7) is 10.0. The summed E-state index contributed by atoms with van der Waals surface area (Å²) < 4.78 is 19.4. The minimum Gasteiger partial charge on any atom is -0.328 e. The average Bonchev–Trinajstić information content (AvgIpc) is 2.65. The van der Waals surface area contributed by atoms with E-state index in [1.54, 1.807) is 0 Å². The van der Waals surface area contributed by atoms with Crippen LogP contribution in [-0.4, -0.2) is 25.8 Å². The number of ether oxygens (including phenoxy) is 3. The van der Waals surface area contributed by atoms with Crippen LogP contribution in [0.1, 0.15) is 78.2 Å². The highest BCUT2D eigenvalue weighted by molar-refractivity contribution is 9.10. The highest BCUT2D eigenvalue weighted by Gasteiger charge is 2.41. The monoisotopic (exact) mass is 442 g/mol. The summed E-state index contributed by atoms with van der Waals surface area (Å²) in [6, 6.07) is 8.54. The van der Waals surface area contributed by atoms with Crippen LogP contribution in [0.5, 0.6) is 0 Å². The summed E-state index contributed by atoms with van der Waals surface area (Å²) in [5.74, 6) is -0.779. The zero-order chi connectivity index (χ0) is 20.0. The lowest BCUT2D eigenvalue weighted by Crippen LogP contribution is -2.47. The highest BCUT2D eigenvalue weighted by atomic mass is 79.9. The molecular formula is C23H39BrO3. The molecule has 0 aromatic heterocycles. The SMILES string of the molecule is CCCCCCCCC(Cc1ccc(Br)cc1)C(OCC)(OCC)OCC. The second-order valence-corrected chi connectivity index (χ2v) is 7.90. The standard InChI is InChI=1S/C23H39BrO3/c1-5-9-10-11-12-13-14-21(19-20-15-17-22(24)18-16-20)23(25-6-2,26-7-3)27-8-4/h15-18,21H,5-14,19H2,1-4H3. The van der Waals surface area contributed by atoms with Crippen LogP contribution in [0.2, 0.25) is 0 Å². The Bertz CT molecular complexity index is 458. The van der Waals surface area contributed by atoms with Crippen molar-refractivity contribution in [3.8, 4) is 0 Å². The first kappa shape index (κ1) is 24.6. The Morgan fingerprint density at radius 2 is 1.30 bits per heavy atom. The summed E-state index contributed by atoms with van der Waals surface area (Å²) in [7, 11) is 0. The van der Waals surface area contributed by atoms with Crippen molar-refractivity contribution >= 4 is 15.9 Å². The number of benzene rings is 1. The molecule has 0 aliphatic heterocycles. The zero-order valence-corrected chi connectivity index (χ0v) is 19.4. The fraction of sp³-hybridized carbons (Fsp3) is 0.739. The van der Waals surface area contributed by atoms with E-state index < -0.39 is 5.97 Å². The van der Waals surface area contributed by atoms with Crippen molar-refractivity contribution < 1.29 is 14.2 Å². The van der Waals surface area contributed by atoms with Gasteiger partial charge >= 0.3 is 0 Å². The van der Waals surface area contributed by atoms with Gasteiger partial charge < -0.3 is 14.2 Å². The quantitative estimate of drug-likeness (QED) is 0.201. The Morgan fingerprint density at radius 3 is 1.81 bits per heavy atom. The average molecular weight is 443 g/mol. The van der Waals surface area contributed by atoms with Crippen LogP contribution >= 0.6 is 15.9 Å². The first-order chi connectivity index (χ1) is 13.1. The summed E-state index contributed by atoms with van der Waals surface area (Å²) in [4.78, 5) is 0. The van der Waals surface area contributed by atoms with Gasteiger partial charge in [-0.25, -0.2) is 0 Å². The molecule has 0 saturated heterocycles. The topological polar surface area (TPSA) is 27.7 Å². The van der Waals surface area contributed by atoms with E-state index in [2.05, 4.69) is 47.1 Å². The van der Waals surface area contributed by atoms with Gasteiger partial charge in [-0.2, -0.15) is 0 Å². The molecule has 1 aromatic rings. The highest BCUT2D eigenvalue weighted by Crippen LogP contribution is 2.33. The van der Waals surface area contributed by atoms with Crippen molar-refractivity contribution in [2.24, 2.45) is 5.92 Å². The molecular weight excluding hydrogens is 404 g/mol. The van der Waals surface area contributed by atoms with Gasteiger partial charge in [-0.3, -0.25) is 0 Å². The van der Waals surface area contributed by atoms with Crippen LogP contribution < -0.4 is 0 Å². The number of halogens is 1. The third kappa shape index (κ3) is 9.08. The lowest BCUT2D eigenvalue weighted by Gasteiger charge is -2.39. The van der Waals surface area contributed by atoms with Gasteiger partial charge in [0, 0.05) is 30.2 Å². The lowest BCUT2D eigenvalue weighted by atomic mass is 9.90. The Labute approximate surface area is 175 Å². The summed E-state index contributed by atoms with van der Waals surface area (Å²) in [5.41, 5.74) is 1.29. The van der Waals surface area contributed by atoms with Gasteiger partial charge in [0.15, 0.2) is 0 Å². The third-order valence-corrected chi connectivity index (χ3v) is 5.37. The molecule has 27 heavy (non-hydrogen) atoms. The van der Waals surface area contributed by atoms with Crippen LogP contribution in [0.3, 0.4) is 0 Å². The van der Waals surface area contributed by atoms with Crippen molar-refractivity contribution in [2.45, 2.75) is 85.0 Å². The van der Waals surface area contributed by atoms with E-state index in [-0.39, 0.29) is 5.92 Å². The predicted molar refractivity (Wildman–Crippen MR) is 117 cm³/mol. The van der Waals surface area contributed by atoms with Gasteiger partial charge in [0.25, 0.3) is 5.97 Å². The van der Waals surface area contributed by atoms with E-state index in [4.69, 9.17) is 14.2 Å². The van der Waals surface area contributed by atoms with Crippen molar-refractivity contribution in [1.29, 1.82) is 0 Å². The Balaban J connectivity index is 2.88. The van der Waals surface area contributed by atoms with Crippen LogP contribution in [0.15, 0.2) is 28.7 Å². The van der Waals surface area contributed by atoms with E-state index in [1.807, 2.05) is 20.8 Å². The van der Waals surface area contributed by atoms with E-state index in [9.17, 15) is 0 Å². The van der Waals surface area contributed by atoms with Crippen LogP contribution in [0.25, 0.3) is 0 Å². The van der Waals surface area contributed by atoms with E-state index in [0.717, 1.165) is 17.3 Å². The largest absolute Gasteiger partial charge is 0.328 e. The second kappa shape index (κ2) is 14.6. The molecule has 0 bridgehead atoms. The third-order valence-electron chi connectivity index (χ3n) is 4.84. The normalized spacial score (nSPS) is 13.1. The Kier molecular flexibility index (Phi) is 13.3. The van der Waals surface area contributed by atoms with Gasteiger partial charge in [-0.15, -0.1) is 0 Å². The maximum atomic E-state index is 6.11. The minimum absolute atomic E-state index is 0.171. The minimum atomic E-state index is -0.950. The van der Waals surface area contributed by atoms with Crippen LogP contribution in [0.4, 0.5) is 0 Å². The smallest absolute Gasteiger partial charge is 0.286 e. The van der Waals surface area contributed by atoms with Crippen molar-refractivity contribution in [1.82, 2.24) is 0 Å². The van der Waals surface area contributed by atoms with E-state index in [1.165, 1.54) is 44.1 Å². The molecule has 1 aromatic carbocycles. The van der Waals surface area contributed by atoms with Gasteiger partial charge in [0.1, 0.15) is 0 Å². The molecule has 3 nitrogen and oxygen atoms in total. The predicted octanol–water partition coefficient (Wildman–Crippen LogP) is 7.12. The maximum absolute atomic E-state index is 6.11. The van der Waals surface area contributed by atoms with Crippen molar-refractivity contribution in [2.75, 3.05) is 19.8 Å². The molecule has 0 heterocycles. The molecule has 0 fully saturated rings. The number of rotatable bonds is 16. The van der Waals surface area contributed by atoms with Gasteiger partial charge in [-0.1, -0.05) is 73.5 Å². The molecule has 0 saturated carbocycles. The van der Waals surface area contributed by atoms with Crippen molar-refractivity contribution in [3.05, 3.63) is 34.3 Å². The molecule has 0 aliphatic rings. The second-order valence-electron chi connectivity index (χ2n) is 6.99. The molecule has 1 rings (SSSR count). The molecule has 0 spiro atoms. The summed E-state index contributed by atoms with van der Waals surface area (Å²) in [6.07, 6.45) is 9.64. The number of unbranched alkanes of at least 4 members (excludes halogenated alkanes) is 5. The number of hydrogen-bond donors (Lipinski definition) is 0. The summed E-state index contributed by atoms with van der Waals surface area (Å²) in [5, 5.41) is 0. The summed E-state index contributed by atoms with van der Waals surface area (Å²) >= 11 is 3.52.